The zero-order valence-corrected chi connectivity index (χ0v) is 14.0. The van der Waals surface area contributed by atoms with Crippen molar-refractivity contribution in [3.05, 3.63) is 106 Å². The lowest BCUT2D eigenvalue weighted by molar-refractivity contribution is -0.385. The predicted octanol–water partition coefficient (Wildman–Crippen LogP) is 4.57. The number of para-hydroxylation sites is 2. The molecule has 136 valence electrons. The van der Waals surface area contributed by atoms with Crippen LogP contribution in [0.3, 0.4) is 0 Å². The second-order valence-corrected chi connectivity index (χ2v) is 5.15. The molecule has 0 bridgehead atoms. The van der Waals surface area contributed by atoms with Gasteiger partial charge in [-0.05, 0) is 18.2 Å². The van der Waals surface area contributed by atoms with Gasteiger partial charge in [-0.15, -0.1) is 0 Å². The van der Waals surface area contributed by atoms with E-state index >= 15 is 0 Å². The minimum absolute atomic E-state index is 0.115. The zero-order valence-electron chi connectivity index (χ0n) is 14.0. The van der Waals surface area contributed by atoms with E-state index in [2.05, 4.69) is 4.74 Å². The van der Waals surface area contributed by atoms with Gasteiger partial charge < -0.3 is 9.84 Å². The van der Waals surface area contributed by atoms with Crippen molar-refractivity contribution >= 4 is 17.6 Å². The molecule has 0 fully saturated rings. The van der Waals surface area contributed by atoms with Gasteiger partial charge in [0.05, 0.1) is 4.92 Å². The third kappa shape index (κ3) is 5.79. The van der Waals surface area contributed by atoms with Crippen molar-refractivity contribution in [2.45, 2.75) is 0 Å². The highest BCUT2D eigenvalue weighted by Gasteiger charge is 2.19. The summed E-state index contributed by atoms with van der Waals surface area (Å²) in [4.78, 5) is 32.3. The van der Waals surface area contributed by atoms with Crippen LogP contribution in [0.5, 0.6) is 5.75 Å². The van der Waals surface area contributed by atoms with E-state index in [1.54, 1.807) is 72.8 Å². The fraction of sp³-hybridized carbons (Fsp3) is 0. The van der Waals surface area contributed by atoms with Gasteiger partial charge in [0.1, 0.15) is 11.3 Å². The molecule has 3 aromatic rings. The minimum atomic E-state index is -1.29. The van der Waals surface area contributed by atoms with Gasteiger partial charge in [-0.25, -0.2) is 4.79 Å². The molecule has 0 aliphatic heterocycles. The van der Waals surface area contributed by atoms with E-state index in [-0.39, 0.29) is 17.0 Å². The lowest BCUT2D eigenvalue weighted by Crippen LogP contribution is -2.04. The Bertz CT molecular complexity index is 925. The molecule has 0 aromatic heterocycles. The standard InChI is InChI=1S/C13H9NO3.C7H6O3/c15-13(10-6-2-1-3-7-10)11-8-4-5-9-12(11)14(16)17;8-7(9)10-6-4-2-1-3-5-6/h1-9H;1-5H,(H,8,9). The maximum Gasteiger partial charge on any atom is 0.511 e. The molecule has 0 atom stereocenters. The normalized spacial score (nSPS) is 9.48. The average molecular weight is 365 g/mol. The van der Waals surface area contributed by atoms with Crippen molar-refractivity contribution in [3.63, 3.8) is 0 Å². The van der Waals surface area contributed by atoms with Gasteiger partial charge in [-0.3, -0.25) is 14.9 Å². The molecular weight excluding hydrogens is 350 g/mol. The zero-order chi connectivity index (χ0) is 19.6. The fourth-order valence-corrected chi connectivity index (χ4v) is 2.16. The summed E-state index contributed by atoms with van der Waals surface area (Å²) in [6.45, 7) is 0. The molecular formula is C20H15NO6. The van der Waals surface area contributed by atoms with Crippen LogP contribution in [0.25, 0.3) is 0 Å². The van der Waals surface area contributed by atoms with Crippen molar-refractivity contribution in [1.82, 2.24) is 0 Å². The number of hydrogen-bond acceptors (Lipinski definition) is 5. The highest BCUT2D eigenvalue weighted by Crippen LogP contribution is 2.20. The van der Waals surface area contributed by atoms with Gasteiger partial charge in [0.2, 0.25) is 0 Å². The van der Waals surface area contributed by atoms with Crippen LogP contribution in [0.15, 0.2) is 84.9 Å². The second kappa shape index (κ2) is 9.47. The van der Waals surface area contributed by atoms with Crippen LogP contribution in [-0.2, 0) is 0 Å². The first kappa shape index (κ1) is 19.3. The van der Waals surface area contributed by atoms with Crippen molar-refractivity contribution in [1.29, 1.82) is 0 Å². The van der Waals surface area contributed by atoms with E-state index in [9.17, 15) is 19.7 Å². The van der Waals surface area contributed by atoms with Gasteiger partial charge >= 0.3 is 6.16 Å². The smallest absolute Gasteiger partial charge is 0.449 e. The second-order valence-electron chi connectivity index (χ2n) is 5.15. The van der Waals surface area contributed by atoms with E-state index in [1.807, 2.05) is 0 Å². The lowest BCUT2D eigenvalue weighted by atomic mass is 10.0. The number of carbonyl (C=O) groups is 2. The van der Waals surface area contributed by atoms with Gasteiger partial charge in [-0.1, -0.05) is 60.7 Å². The highest BCUT2D eigenvalue weighted by molar-refractivity contribution is 6.11. The first-order chi connectivity index (χ1) is 13.0. The fourth-order valence-electron chi connectivity index (χ4n) is 2.16. The summed E-state index contributed by atoms with van der Waals surface area (Å²) in [6.07, 6.45) is -1.29. The van der Waals surface area contributed by atoms with E-state index in [4.69, 9.17) is 5.11 Å². The highest BCUT2D eigenvalue weighted by atomic mass is 16.7. The topological polar surface area (TPSA) is 107 Å². The van der Waals surface area contributed by atoms with Gasteiger partial charge in [0.25, 0.3) is 5.69 Å². The largest absolute Gasteiger partial charge is 0.511 e. The SMILES string of the molecule is O=C(O)Oc1ccccc1.O=C(c1ccccc1)c1ccccc1[N+](=O)[O-]. The molecule has 0 heterocycles. The number of ether oxygens (including phenoxy) is 1. The molecule has 3 rings (SSSR count). The molecule has 0 aliphatic rings. The van der Waals surface area contributed by atoms with E-state index in [0.717, 1.165) is 0 Å². The van der Waals surface area contributed by atoms with E-state index in [0.29, 0.717) is 11.3 Å². The number of hydrogen-bond donors (Lipinski definition) is 1. The summed E-state index contributed by atoms with van der Waals surface area (Å²) in [5.74, 6) is 0.00731. The van der Waals surface area contributed by atoms with Crippen molar-refractivity contribution in [2.75, 3.05) is 0 Å². The summed E-state index contributed by atoms with van der Waals surface area (Å²) in [5.41, 5.74) is 0.395. The Hall–Kier alpha value is -4.00. The maximum atomic E-state index is 12.1. The predicted molar refractivity (Wildman–Crippen MR) is 98.1 cm³/mol. The number of carbonyl (C=O) groups excluding carboxylic acids is 1. The van der Waals surface area contributed by atoms with Crippen LogP contribution in [0.4, 0.5) is 10.5 Å². The Morgan fingerprint density at radius 1 is 0.815 bits per heavy atom. The molecule has 0 radical (unpaired) electrons. The quantitative estimate of drug-likeness (QED) is 0.239. The molecule has 3 aromatic carbocycles. The van der Waals surface area contributed by atoms with Crippen molar-refractivity contribution < 1.29 is 24.4 Å². The molecule has 1 N–H and O–H groups in total. The molecule has 7 nitrogen and oxygen atoms in total. The molecule has 0 saturated heterocycles. The Labute approximate surface area is 154 Å². The summed E-state index contributed by atoms with van der Waals surface area (Å²) in [6, 6.07) is 22.8. The number of rotatable bonds is 4. The Kier molecular flexibility index (Phi) is 6.78. The summed E-state index contributed by atoms with van der Waals surface area (Å²) >= 11 is 0. The number of carboxylic acid groups (broad SMARTS) is 1. The summed E-state index contributed by atoms with van der Waals surface area (Å²) < 4.78 is 4.33. The average Bonchev–Trinajstić information content (AvgIpc) is 2.69. The summed E-state index contributed by atoms with van der Waals surface area (Å²) in [7, 11) is 0. The first-order valence-corrected chi connectivity index (χ1v) is 7.78. The molecule has 27 heavy (non-hydrogen) atoms. The third-order valence-electron chi connectivity index (χ3n) is 3.33. The van der Waals surface area contributed by atoms with E-state index < -0.39 is 11.1 Å². The van der Waals surface area contributed by atoms with Crippen LogP contribution in [0, 0.1) is 10.1 Å². The van der Waals surface area contributed by atoms with Gasteiger partial charge in [-0.2, -0.15) is 0 Å². The Morgan fingerprint density at radius 2 is 1.33 bits per heavy atom. The minimum Gasteiger partial charge on any atom is -0.449 e. The molecule has 7 heteroatoms. The number of ketones is 1. The van der Waals surface area contributed by atoms with Crippen molar-refractivity contribution in [3.8, 4) is 5.75 Å². The van der Waals surface area contributed by atoms with Crippen LogP contribution >= 0.6 is 0 Å². The molecule has 0 aliphatic carbocycles. The van der Waals surface area contributed by atoms with Crippen LogP contribution in [0.1, 0.15) is 15.9 Å². The van der Waals surface area contributed by atoms with E-state index in [1.165, 1.54) is 12.1 Å². The number of nitrogens with zero attached hydrogens (tertiary/aromatic N) is 1. The summed E-state index contributed by atoms with van der Waals surface area (Å²) in [5, 5.41) is 19.0. The molecule has 0 amide bonds. The lowest BCUT2D eigenvalue weighted by Gasteiger charge is -2.01. The van der Waals surface area contributed by atoms with Crippen LogP contribution < -0.4 is 4.74 Å². The molecule has 0 spiro atoms. The van der Waals surface area contributed by atoms with Crippen LogP contribution in [-0.4, -0.2) is 22.0 Å². The first-order valence-electron chi connectivity index (χ1n) is 7.78. The third-order valence-corrected chi connectivity index (χ3v) is 3.33. The van der Waals surface area contributed by atoms with Crippen LogP contribution in [0.2, 0.25) is 0 Å². The molecule has 0 unspecified atom stereocenters. The van der Waals surface area contributed by atoms with Gasteiger partial charge in [0, 0.05) is 11.6 Å². The van der Waals surface area contributed by atoms with Gasteiger partial charge in [0.15, 0.2) is 5.78 Å². The number of nitro benzene ring substituents is 1. The Morgan fingerprint density at radius 3 is 1.89 bits per heavy atom. The maximum absolute atomic E-state index is 12.1. The number of nitro groups is 1. The molecule has 0 saturated carbocycles. The van der Waals surface area contributed by atoms with Crippen molar-refractivity contribution in [2.24, 2.45) is 0 Å². The number of benzene rings is 3. The Balaban J connectivity index is 0.000000223. The monoisotopic (exact) mass is 365 g/mol.